The van der Waals surface area contributed by atoms with Gasteiger partial charge in [0, 0.05) is 12.0 Å². The number of aromatic nitrogens is 4. The van der Waals surface area contributed by atoms with Crippen molar-refractivity contribution in [3.63, 3.8) is 0 Å². The van der Waals surface area contributed by atoms with E-state index in [0.29, 0.717) is 36.3 Å². The Hall–Kier alpha value is -3.33. The first-order chi connectivity index (χ1) is 13.7. The van der Waals surface area contributed by atoms with E-state index in [1.807, 2.05) is 37.3 Å². The average Bonchev–Trinajstić information content (AvgIpc) is 3.16. The van der Waals surface area contributed by atoms with Crippen LogP contribution in [0.25, 0.3) is 11.4 Å². The molecule has 3 aromatic rings. The molecular weight excluding hydrogens is 360 g/mol. The largest absolute Gasteiger partial charge is 0.365 e. The van der Waals surface area contributed by atoms with Gasteiger partial charge in [-0.3, -0.25) is 0 Å². The smallest absolute Gasteiger partial charge is 0.322 e. The van der Waals surface area contributed by atoms with Gasteiger partial charge in [-0.05, 0) is 0 Å². The Morgan fingerprint density at radius 2 is 2.00 bits per heavy atom. The van der Waals surface area contributed by atoms with Crippen molar-refractivity contribution in [2.75, 3.05) is 18.4 Å². The van der Waals surface area contributed by atoms with Crippen molar-refractivity contribution in [2.24, 2.45) is 0 Å². The number of carbonyl (C=O) groups is 1. The maximum atomic E-state index is 12.3. The quantitative estimate of drug-likeness (QED) is 0.700. The molecule has 1 aliphatic rings. The van der Waals surface area contributed by atoms with Gasteiger partial charge >= 0.3 is 6.03 Å². The fourth-order valence-electron chi connectivity index (χ4n) is 2.72. The van der Waals surface area contributed by atoms with Gasteiger partial charge in [-0.1, -0.05) is 42.4 Å². The third kappa shape index (κ3) is 4.15. The number of anilines is 1. The van der Waals surface area contributed by atoms with Crippen molar-refractivity contribution in [1.82, 2.24) is 25.0 Å². The topological polar surface area (TPSA) is 106 Å². The van der Waals surface area contributed by atoms with E-state index in [1.54, 1.807) is 17.3 Å². The minimum absolute atomic E-state index is 0.0422. The van der Waals surface area contributed by atoms with Crippen molar-refractivity contribution in [2.45, 2.75) is 26.1 Å². The van der Waals surface area contributed by atoms with E-state index in [1.165, 1.54) is 0 Å². The van der Waals surface area contributed by atoms with Gasteiger partial charge in [-0.25, -0.2) is 14.8 Å². The Labute approximate surface area is 161 Å². The summed E-state index contributed by atoms with van der Waals surface area (Å²) in [6, 6.07) is 9.46. The number of benzene rings is 1. The molecule has 2 amide bonds. The number of hydrogen-bond donors (Lipinski definition) is 1. The molecule has 144 valence electrons. The number of likely N-dealkylation sites (tertiary alicyclic amines) is 1. The molecule has 0 radical (unpaired) electrons. The molecule has 4 rings (SSSR count). The molecule has 1 aliphatic heterocycles. The van der Waals surface area contributed by atoms with Crippen LogP contribution in [-0.2, 0) is 17.8 Å². The summed E-state index contributed by atoms with van der Waals surface area (Å²) in [5, 5.41) is 6.61. The van der Waals surface area contributed by atoms with E-state index in [4.69, 9.17) is 9.26 Å². The average molecular weight is 380 g/mol. The summed E-state index contributed by atoms with van der Waals surface area (Å²) in [5.41, 5.74) is 1.47. The summed E-state index contributed by atoms with van der Waals surface area (Å²) in [4.78, 5) is 26.7. The van der Waals surface area contributed by atoms with Gasteiger partial charge in [0.2, 0.25) is 0 Å². The minimum atomic E-state index is -0.207. The molecular formula is C19H20N6O3. The Morgan fingerprint density at radius 1 is 1.25 bits per heavy atom. The fraction of sp³-hybridized carbons (Fsp3) is 0.316. The van der Waals surface area contributed by atoms with E-state index in [-0.39, 0.29) is 18.7 Å². The van der Waals surface area contributed by atoms with Crippen LogP contribution in [0.5, 0.6) is 0 Å². The van der Waals surface area contributed by atoms with Gasteiger partial charge in [0.1, 0.15) is 6.61 Å². The van der Waals surface area contributed by atoms with Crippen molar-refractivity contribution < 1.29 is 14.1 Å². The van der Waals surface area contributed by atoms with Gasteiger partial charge in [-0.2, -0.15) is 4.98 Å². The van der Waals surface area contributed by atoms with Gasteiger partial charge in [0.15, 0.2) is 11.6 Å². The highest BCUT2D eigenvalue weighted by Crippen LogP contribution is 2.17. The molecule has 0 spiro atoms. The van der Waals surface area contributed by atoms with Crippen molar-refractivity contribution >= 4 is 11.7 Å². The molecule has 1 fully saturated rings. The van der Waals surface area contributed by atoms with Crippen LogP contribution in [0.2, 0.25) is 0 Å². The van der Waals surface area contributed by atoms with Gasteiger partial charge in [0.05, 0.1) is 37.3 Å². The lowest BCUT2D eigenvalue weighted by molar-refractivity contribution is -0.0496. The van der Waals surface area contributed by atoms with Crippen LogP contribution >= 0.6 is 0 Å². The molecule has 0 saturated carbocycles. The van der Waals surface area contributed by atoms with Crippen molar-refractivity contribution in [1.29, 1.82) is 0 Å². The summed E-state index contributed by atoms with van der Waals surface area (Å²) >= 11 is 0. The molecule has 9 nitrogen and oxygen atoms in total. The lowest BCUT2D eigenvalue weighted by Gasteiger charge is -2.38. The summed E-state index contributed by atoms with van der Waals surface area (Å²) in [5.74, 6) is 1.73. The number of urea groups is 1. The lowest BCUT2D eigenvalue weighted by atomic mass is 10.2. The second kappa shape index (κ2) is 8.13. The van der Waals surface area contributed by atoms with Gasteiger partial charge in [-0.15, -0.1) is 0 Å². The van der Waals surface area contributed by atoms with Gasteiger partial charge in [0.25, 0.3) is 5.89 Å². The van der Waals surface area contributed by atoms with Crippen LogP contribution < -0.4 is 5.32 Å². The zero-order valence-corrected chi connectivity index (χ0v) is 15.4. The zero-order valence-electron chi connectivity index (χ0n) is 15.4. The Morgan fingerprint density at radius 3 is 2.68 bits per heavy atom. The SMILES string of the molecule is CCc1noc(COC2CN(C(=O)Nc3cnc(-c4ccccc4)nc3)C2)n1. The van der Waals surface area contributed by atoms with Crippen molar-refractivity contribution in [3.05, 3.63) is 54.4 Å². The van der Waals surface area contributed by atoms with Crippen molar-refractivity contribution in [3.8, 4) is 11.4 Å². The maximum absolute atomic E-state index is 12.3. The second-order valence-corrected chi connectivity index (χ2v) is 6.39. The third-order valence-electron chi connectivity index (χ3n) is 4.34. The first kappa shape index (κ1) is 18.1. The molecule has 28 heavy (non-hydrogen) atoms. The van der Waals surface area contributed by atoms with E-state index < -0.39 is 0 Å². The fourth-order valence-corrected chi connectivity index (χ4v) is 2.72. The highest BCUT2D eigenvalue weighted by molar-refractivity contribution is 5.89. The van der Waals surface area contributed by atoms with E-state index >= 15 is 0 Å². The van der Waals surface area contributed by atoms with Crippen LogP contribution in [0.3, 0.4) is 0 Å². The van der Waals surface area contributed by atoms with Crippen LogP contribution in [0.1, 0.15) is 18.6 Å². The molecule has 0 atom stereocenters. The summed E-state index contributed by atoms with van der Waals surface area (Å²) in [7, 11) is 0. The second-order valence-electron chi connectivity index (χ2n) is 6.39. The van der Waals surface area contributed by atoms with Crippen LogP contribution in [0.15, 0.2) is 47.2 Å². The monoisotopic (exact) mass is 380 g/mol. The molecule has 9 heteroatoms. The molecule has 1 saturated heterocycles. The number of nitrogens with zero attached hydrogens (tertiary/aromatic N) is 5. The van der Waals surface area contributed by atoms with E-state index in [0.717, 1.165) is 12.0 Å². The highest BCUT2D eigenvalue weighted by atomic mass is 16.5. The molecule has 2 aromatic heterocycles. The van der Waals surface area contributed by atoms with E-state index in [2.05, 4.69) is 25.4 Å². The number of nitrogens with one attached hydrogen (secondary N) is 1. The Bertz CT molecular complexity index is 922. The first-order valence-corrected chi connectivity index (χ1v) is 9.07. The predicted octanol–water partition coefficient (Wildman–Crippen LogP) is 2.52. The molecule has 0 unspecified atom stereocenters. The van der Waals surface area contributed by atoms with Crippen LogP contribution in [0.4, 0.5) is 10.5 Å². The zero-order chi connectivity index (χ0) is 19.3. The lowest BCUT2D eigenvalue weighted by Crippen LogP contribution is -2.56. The van der Waals surface area contributed by atoms with Crippen LogP contribution in [-0.4, -0.2) is 50.2 Å². The number of ether oxygens (including phenoxy) is 1. The normalized spacial score (nSPS) is 14.0. The summed E-state index contributed by atoms with van der Waals surface area (Å²) < 4.78 is 10.8. The number of carbonyl (C=O) groups excluding carboxylic acids is 1. The summed E-state index contributed by atoms with van der Waals surface area (Å²) in [6.45, 7) is 3.22. The highest BCUT2D eigenvalue weighted by Gasteiger charge is 2.31. The summed E-state index contributed by atoms with van der Waals surface area (Å²) in [6.07, 6.45) is 3.88. The third-order valence-corrected chi connectivity index (χ3v) is 4.34. The standard InChI is InChI=1S/C19H20N6O3/c1-2-16-23-17(28-24-16)12-27-15-10-25(11-15)19(26)22-14-8-20-18(21-9-14)13-6-4-3-5-7-13/h3-9,15H,2,10-12H2,1H3,(H,22,26). The number of aryl methyl sites for hydroxylation is 1. The van der Waals surface area contributed by atoms with E-state index in [9.17, 15) is 4.79 Å². The maximum Gasteiger partial charge on any atom is 0.322 e. The number of hydrogen-bond acceptors (Lipinski definition) is 7. The Kier molecular flexibility index (Phi) is 5.24. The molecule has 0 aliphatic carbocycles. The molecule has 1 aromatic carbocycles. The first-order valence-electron chi connectivity index (χ1n) is 9.07. The molecule has 1 N–H and O–H groups in total. The predicted molar refractivity (Wildman–Crippen MR) is 100 cm³/mol. The molecule has 0 bridgehead atoms. The van der Waals surface area contributed by atoms with Gasteiger partial charge < -0.3 is 19.5 Å². The minimum Gasteiger partial charge on any atom is -0.365 e. The van der Waals surface area contributed by atoms with Crippen LogP contribution in [0, 0.1) is 0 Å². The number of rotatable bonds is 6. The number of amides is 2. The molecule has 3 heterocycles. The Balaban J connectivity index is 1.23.